The van der Waals surface area contributed by atoms with Crippen molar-refractivity contribution in [2.75, 3.05) is 0 Å². The number of rotatable bonds is 4. The minimum Gasteiger partial charge on any atom is -0.467 e. The number of furan rings is 1. The highest BCUT2D eigenvalue weighted by molar-refractivity contribution is 7.99. The summed E-state index contributed by atoms with van der Waals surface area (Å²) in [5, 5.41) is 2.83. The van der Waals surface area contributed by atoms with Gasteiger partial charge in [0.05, 0.1) is 29.2 Å². The Morgan fingerprint density at radius 3 is 2.76 bits per heavy atom. The maximum Gasteiger partial charge on any atom is 0.262 e. The highest BCUT2D eigenvalue weighted by Crippen LogP contribution is 2.31. The lowest BCUT2D eigenvalue weighted by Crippen LogP contribution is -2.23. The molecule has 3 heterocycles. The van der Waals surface area contributed by atoms with E-state index in [4.69, 9.17) is 9.40 Å². The van der Waals surface area contributed by atoms with Crippen molar-refractivity contribution < 1.29 is 4.42 Å². The minimum atomic E-state index is -0.107. The van der Waals surface area contributed by atoms with Crippen LogP contribution in [0, 0.1) is 6.92 Å². The van der Waals surface area contributed by atoms with Gasteiger partial charge in [-0.1, -0.05) is 23.8 Å². The van der Waals surface area contributed by atoms with Crippen molar-refractivity contribution in [2.45, 2.75) is 23.7 Å². The Labute approximate surface area is 170 Å². The number of para-hydroxylation sites is 1. The van der Waals surface area contributed by atoms with Crippen LogP contribution in [0.1, 0.15) is 11.3 Å². The van der Waals surface area contributed by atoms with Crippen LogP contribution in [0.4, 0.5) is 0 Å². The minimum absolute atomic E-state index is 0.107. The molecule has 0 aliphatic carbocycles. The standard InChI is InChI=1S/C22H16N4O2S/c1-14-8-9-18-17(11-14)20(24-13-23-18)29-22-25-19-7-3-2-6-16(19)21(27)26(22)12-15-5-4-10-28-15/h2-11,13H,12H2,1H3. The van der Waals surface area contributed by atoms with Gasteiger partial charge in [-0.15, -0.1) is 0 Å². The van der Waals surface area contributed by atoms with Gasteiger partial charge in [-0.25, -0.2) is 15.0 Å². The second kappa shape index (κ2) is 7.18. The lowest BCUT2D eigenvalue weighted by molar-refractivity contribution is 0.476. The van der Waals surface area contributed by atoms with Gasteiger partial charge in [0.15, 0.2) is 5.16 Å². The first-order chi connectivity index (χ1) is 14.2. The smallest absolute Gasteiger partial charge is 0.262 e. The SMILES string of the molecule is Cc1ccc2ncnc(Sc3nc4ccccc4c(=O)n3Cc3ccco3)c2c1. The van der Waals surface area contributed by atoms with Crippen molar-refractivity contribution >= 4 is 33.6 Å². The Morgan fingerprint density at radius 1 is 1.00 bits per heavy atom. The predicted molar refractivity (Wildman–Crippen MR) is 112 cm³/mol. The molecular weight excluding hydrogens is 384 g/mol. The highest BCUT2D eigenvalue weighted by atomic mass is 32.2. The maximum atomic E-state index is 13.2. The predicted octanol–water partition coefficient (Wildman–Crippen LogP) is 4.44. The van der Waals surface area contributed by atoms with Gasteiger partial charge in [-0.05, 0) is 55.1 Å². The van der Waals surface area contributed by atoms with Crippen molar-refractivity contribution in [1.29, 1.82) is 0 Å². The Hall–Kier alpha value is -3.45. The molecule has 5 rings (SSSR count). The second-order valence-electron chi connectivity index (χ2n) is 6.68. The zero-order chi connectivity index (χ0) is 19.8. The molecule has 0 radical (unpaired) electrons. The highest BCUT2D eigenvalue weighted by Gasteiger charge is 2.16. The zero-order valence-corrected chi connectivity index (χ0v) is 16.4. The van der Waals surface area contributed by atoms with E-state index in [-0.39, 0.29) is 5.56 Å². The number of aromatic nitrogens is 4. The van der Waals surface area contributed by atoms with E-state index in [0.29, 0.717) is 28.4 Å². The summed E-state index contributed by atoms with van der Waals surface area (Å²) in [6, 6.07) is 17.1. The van der Waals surface area contributed by atoms with E-state index in [0.717, 1.165) is 21.5 Å². The molecule has 142 valence electrons. The van der Waals surface area contributed by atoms with Crippen LogP contribution in [-0.2, 0) is 6.54 Å². The third kappa shape index (κ3) is 3.30. The van der Waals surface area contributed by atoms with Gasteiger partial charge in [-0.3, -0.25) is 9.36 Å². The molecular formula is C22H16N4O2S. The van der Waals surface area contributed by atoms with E-state index < -0.39 is 0 Å². The van der Waals surface area contributed by atoms with Crippen molar-refractivity contribution in [3.63, 3.8) is 0 Å². The molecule has 0 aliphatic rings. The van der Waals surface area contributed by atoms with E-state index in [1.807, 2.05) is 55.5 Å². The molecule has 6 nitrogen and oxygen atoms in total. The monoisotopic (exact) mass is 400 g/mol. The number of benzene rings is 2. The molecule has 3 aromatic heterocycles. The van der Waals surface area contributed by atoms with Crippen LogP contribution in [0.3, 0.4) is 0 Å². The average Bonchev–Trinajstić information content (AvgIpc) is 3.25. The molecule has 0 saturated carbocycles. The molecule has 0 aliphatic heterocycles. The van der Waals surface area contributed by atoms with Crippen molar-refractivity contribution in [3.8, 4) is 0 Å². The largest absolute Gasteiger partial charge is 0.467 e. The Balaban J connectivity index is 1.70. The third-order valence-electron chi connectivity index (χ3n) is 4.66. The topological polar surface area (TPSA) is 73.8 Å². The molecule has 5 aromatic rings. The van der Waals surface area contributed by atoms with Gasteiger partial charge in [-0.2, -0.15) is 0 Å². The number of aryl methyl sites for hydroxylation is 1. The molecule has 0 unspecified atom stereocenters. The molecule has 2 aromatic carbocycles. The fraction of sp³-hybridized carbons (Fsp3) is 0.0909. The van der Waals surface area contributed by atoms with Gasteiger partial charge in [0, 0.05) is 5.39 Å². The maximum absolute atomic E-state index is 13.2. The summed E-state index contributed by atoms with van der Waals surface area (Å²) in [5.74, 6) is 0.689. The quantitative estimate of drug-likeness (QED) is 0.328. The summed E-state index contributed by atoms with van der Waals surface area (Å²) in [7, 11) is 0. The summed E-state index contributed by atoms with van der Waals surface area (Å²) in [4.78, 5) is 26.8. The normalized spacial score (nSPS) is 11.3. The van der Waals surface area contributed by atoms with E-state index in [1.165, 1.54) is 18.1 Å². The van der Waals surface area contributed by atoms with Crippen LogP contribution in [0.15, 0.2) is 86.6 Å². The molecule has 0 saturated heterocycles. The lowest BCUT2D eigenvalue weighted by Gasteiger charge is -2.12. The van der Waals surface area contributed by atoms with Crippen LogP contribution in [0.25, 0.3) is 21.8 Å². The first-order valence-electron chi connectivity index (χ1n) is 9.10. The summed E-state index contributed by atoms with van der Waals surface area (Å²) < 4.78 is 7.11. The number of nitrogens with zero attached hydrogens (tertiary/aromatic N) is 4. The first-order valence-corrected chi connectivity index (χ1v) is 9.92. The number of hydrogen-bond donors (Lipinski definition) is 0. The van der Waals surface area contributed by atoms with E-state index in [1.54, 1.807) is 16.9 Å². The van der Waals surface area contributed by atoms with Gasteiger partial charge in [0.25, 0.3) is 5.56 Å². The summed E-state index contributed by atoms with van der Waals surface area (Å²) >= 11 is 1.36. The molecule has 0 N–H and O–H groups in total. The summed E-state index contributed by atoms with van der Waals surface area (Å²) in [6.45, 7) is 2.33. The molecule has 0 atom stereocenters. The average molecular weight is 400 g/mol. The van der Waals surface area contributed by atoms with Gasteiger partial charge >= 0.3 is 0 Å². The summed E-state index contributed by atoms with van der Waals surface area (Å²) in [6.07, 6.45) is 3.14. The van der Waals surface area contributed by atoms with Crippen molar-refractivity contribution in [2.24, 2.45) is 0 Å². The molecule has 29 heavy (non-hydrogen) atoms. The Kier molecular flexibility index (Phi) is 4.37. The zero-order valence-electron chi connectivity index (χ0n) is 15.6. The Bertz CT molecular complexity index is 1390. The van der Waals surface area contributed by atoms with Crippen LogP contribution in [0.5, 0.6) is 0 Å². The van der Waals surface area contributed by atoms with E-state index in [2.05, 4.69) is 9.97 Å². The van der Waals surface area contributed by atoms with Gasteiger partial charge < -0.3 is 4.42 Å². The molecule has 0 amide bonds. The van der Waals surface area contributed by atoms with Crippen LogP contribution < -0.4 is 5.56 Å². The molecule has 7 heteroatoms. The van der Waals surface area contributed by atoms with Gasteiger partial charge in [0.2, 0.25) is 0 Å². The molecule has 0 bridgehead atoms. The number of hydrogen-bond acceptors (Lipinski definition) is 6. The van der Waals surface area contributed by atoms with E-state index in [9.17, 15) is 4.79 Å². The third-order valence-corrected chi connectivity index (χ3v) is 5.68. The fourth-order valence-corrected chi connectivity index (χ4v) is 4.19. The first kappa shape index (κ1) is 17.6. The van der Waals surface area contributed by atoms with Crippen molar-refractivity contribution in [3.05, 3.63) is 88.9 Å². The fourth-order valence-electron chi connectivity index (χ4n) is 3.24. The number of fused-ring (bicyclic) bond motifs is 2. The van der Waals surface area contributed by atoms with Crippen LogP contribution in [0.2, 0.25) is 0 Å². The van der Waals surface area contributed by atoms with Gasteiger partial charge in [0.1, 0.15) is 17.1 Å². The van der Waals surface area contributed by atoms with Crippen LogP contribution in [-0.4, -0.2) is 19.5 Å². The summed E-state index contributed by atoms with van der Waals surface area (Å²) in [5.41, 5.74) is 2.52. The van der Waals surface area contributed by atoms with E-state index >= 15 is 0 Å². The van der Waals surface area contributed by atoms with Crippen molar-refractivity contribution in [1.82, 2.24) is 19.5 Å². The molecule has 0 fully saturated rings. The molecule has 0 spiro atoms. The lowest BCUT2D eigenvalue weighted by atomic mass is 10.2. The second-order valence-corrected chi connectivity index (χ2v) is 7.64. The Morgan fingerprint density at radius 2 is 1.90 bits per heavy atom. The van der Waals surface area contributed by atoms with Crippen LogP contribution >= 0.6 is 11.8 Å².